The number of aliphatic hydroxyl groups excluding tert-OH is 1. The summed E-state index contributed by atoms with van der Waals surface area (Å²) in [7, 11) is -4.66. The van der Waals surface area contributed by atoms with E-state index in [9.17, 15) is 18.7 Å². The summed E-state index contributed by atoms with van der Waals surface area (Å²) in [6, 6.07) is 7.22. The van der Waals surface area contributed by atoms with E-state index in [4.69, 9.17) is 8.74 Å². The monoisotopic (exact) mass is 425 g/mol. The van der Waals surface area contributed by atoms with Gasteiger partial charge in [-0.05, 0) is 12.0 Å². The van der Waals surface area contributed by atoms with E-state index in [1.807, 2.05) is 12.1 Å². The van der Waals surface area contributed by atoms with Crippen LogP contribution in [0, 0.1) is 5.21 Å². The molecule has 0 radical (unpaired) electrons. The van der Waals surface area contributed by atoms with Gasteiger partial charge in [-0.2, -0.15) is 8.42 Å². The second-order valence-corrected chi connectivity index (χ2v) is 8.43. The van der Waals surface area contributed by atoms with Gasteiger partial charge < -0.3 is 15.0 Å². The molecule has 28 heavy (non-hydrogen) atoms. The summed E-state index contributed by atoms with van der Waals surface area (Å²) in [5, 5.41) is 23.8. The first-order valence-electron chi connectivity index (χ1n) is 9.74. The van der Waals surface area contributed by atoms with Gasteiger partial charge >= 0.3 is 40.0 Å². The number of quaternary nitrogens is 1. The molecule has 2 rings (SSSR count). The van der Waals surface area contributed by atoms with Crippen LogP contribution in [0.2, 0.25) is 0 Å². The molecule has 0 aliphatic carbocycles. The third-order valence-corrected chi connectivity index (χ3v) is 5.70. The van der Waals surface area contributed by atoms with Crippen LogP contribution in [0.4, 0.5) is 0 Å². The van der Waals surface area contributed by atoms with E-state index >= 15 is 0 Å². The van der Waals surface area contributed by atoms with Crippen molar-refractivity contribution in [1.29, 1.82) is 0 Å². The zero-order valence-corrected chi connectivity index (χ0v) is 16.7. The van der Waals surface area contributed by atoms with Gasteiger partial charge in [0.2, 0.25) is 6.23 Å². The minimum absolute atomic E-state index is 0. The Balaban J connectivity index is 0.00000392. The minimum atomic E-state index is -4.66. The molecular weight excluding hydrogens is 393 g/mol. The molecule has 0 saturated heterocycles. The molecule has 1 aromatic rings. The summed E-state index contributed by atoms with van der Waals surface area (Å²) in [6.07, 6.45) is 4.70. The third-order valence-electron chi connectivity index (χ3n) is 5.19. The number of aliphatic hydroxyl groups is 1. The molecule has 0 spiro atoms. The first-order valence-corrected chi connectivity index (χ1v) is 11.1. The zero-order valence-electron chi connectivity index (χ0n) is 15.9. The molecule has 0 bridgehead atoms. The summed E-state index contributed by atoms with van der Waals surface area (Å²) < 4.78 is 35.3. The standard InChI is InChI=1S/C19H31NO6S.Na.H/c1-2-3-4-5-6-7-11-17(26-27(23,24)25)15-20(22)14-13-16-10-8-9-12-18(16)19(20)21;;/h8-10,12,17,19,21H,2-7,11,13-15H2,1H3,(H,23,24,25);;. The molecule has 3 unspecified atom stereocenters. The van der Waals surface area contributed by atoms with E-state index in [2.05, 4.69) is 6.92 Å². The maximum absolute atomic E-state index is 13.2. The fraction of sp³-hybridized carbons (Fsp3) is 0.684. The number of hydrogen-bond donors (Lipinski definition) is 2. The topological polar surface area (TPSA) is 107 Å². The van der Waals surface area contributed by atoms with Crippen LogP contribution >= 0.6 is 0 Å². The van der Waals surface area contributed by atoms with E-state index < -0.39 is 27.4 Å². The van der Waals surface area contributed by atoms with Crippen molar-refractivity contribution >= 4 is 40.0 Å². The van der Waals surface area contributed by atoms with Crippen LogP contribution < -0.4 is 0 Å². The fourth-order valence-electron chi connectivity index (χ4n) is 3.73. The van der Waals surface area contributed by atoms with E-state index in [0.29, 0.717) is 24.8 Å². The van der Waals surface area contributed by atoms with Gasteiger partial charge in [-0.3, -0.25) is 4.55 Å². The first-order chi connectivity index (χ1) is 12.7. The second-order valence-electron chi connectivity index (χ2n) is 7.38. The Morgan fingerprint density at radius 1 is 1.21 bits per heavy atom. The maximum atomic E-state index is 13.2. The Labute approximate surface area is 190 Å². The number of rotatable bonds is 11. The molecule has 3 atom stereocenters. The number of hydrogen-bond acceptors (Lipinski definition) is 5. The van der Waals surface area contributed by atoms with E-state index in [1.54, 1.807) is 12.1 Å². The molecule has 2 N–H and O–H groups in total. The van der Waals surface area contributed by atoms with Crippen LogP contribution in [0.1, 0.15) is 69.2 Å². The van der Waals surface area contributed by atoms with Crippen molar-refractivity contribution in [2.24, 2.45) is 0 Å². The van der Waals surface area contributed by atoms with E-state index in [1.165, 1.54) is 0 Å². The zero-order chi connectivity index (χ0) is 19.9. The Morgan fingerprint density at radius 3 is 2.54 bits per heavy atom. The SMILES string of the molecule is CCCCCCCCC(C[N+]1([O-])CCc2ccccc2C1O)OS(=O)(=O)O.[NaH]. The van der Waals surface area contributed by atoms with Crippen molar-refractivity contribution in [2.75, 3.05) is 13.1 Å². The number of fused-ring (bicyclic) bond motifs is 1. The van der Waals surface area contributed by atoms with Crippen LogP contribution in [0.25, 0.3) is 0 Å². The van der Waals surface area contributed by atoms with Crippen molar-refractivity contribution in [3.8, 4) is 0 Å². The molecule has 1 aliphatic rings. The normalized spacial score (nSPS) is 22.9. The van der Waals surface area contributed by atoms with Crippen LogP contribution in [0.3, 0.4) is 0 Å². The molecule has 0 fully saturated rings. The van der Waals surface area contributed by atoms with E-state index in [-0.39, 0.29) is 42.6 Å². The summed E-state index contributed by atoms with van der Waals surface area (Å²) in [4.78, 5) is 0. The summed E-state index contributed by atoms with van der Waals surface area (Å²) in [6.45, 7) is 2.06. The number of unbranched alkanes of at least 4 members (excludes halogenated alkanes) is 5. The molecule has 1 aliphatic heterocycles. The van der Waals surface area contributed by atoms with Gasteiger partial charge in [-0.25, -0.2) is 4.18 Å². The quantitative estimate of drug-likeness (QED) is 0.186. The molecule has 0 saturated carbocycles. The van der Waals surface area contributed by atoms with Gasteiger partial charge in [-0.1, -0.05) is 69.7 Å². The molecule has 9 heteroatoms. The molecule has 7 nitrogen and oxygen atoms in total. The number of benzene rings is 1. The van der Waals surface area contributed by atoms with Crippen LogP contribution in [0.15, 0.2) is 24.3 Å². The van der Waals surface area contributed by atoms with Crippen LogP contribution in [-0.4, -0.2) is 71.5 Å². The van der Waals surface area contributed by atoms with Crippen molar-refractivity contribution in [1.82, 2.24) is 0 Å². The average Bonchev–Trinajstić information content (AvgIpc) is 2.60. The van der Waals surface area contributed by atoms with Crippen LogP contribution in [-0.2, 0) is 21.0 Å². The predicted octanol–water partition coefficient (Wildman–Crippen LogP) is 2.84. The third kappa shape index (κ3) is 8.01. The molecule has 0 amide bonds. The Morgan fingerprint density at radius 2 is 1.86 bits per heavy atom. The van der Waals surface area contributed by atoms with Gasteiger partial charge in [0.15, 0.2) is 0 Å². The van der Waals surface area contributed by atoms with Gasteiger partial charge in [-0.15, -0.1) is 0 Å². The summed E-state index contributed by atoms with van der Waals surface area (Å²) in [5.41, 5.74) is 1.50. The molecular formula is C19H32NNaO6S. The van der Waals surface area contributed by atoms with Crippen molar-refractivity contribution in [2.45, 2.75) is 70.6 Å². The first kappa shape index (κ1) is 26.0. The van der Waals surface area contributed by atoms with E-state index in [0.717, 1.165) is 37.7 Å². The van der Waals surface area contributed by atoms with Crippen molar-refractivity contribution in [3.05, 3.63) is 40.6 Å². The number of hydroxylamine groups is 3. The van der Waals surface area contributed by atoms with Gasteiger partial charge in [0.1, 0.15) is 12.6 Å². The number of nitrogens with zero attached hydrogens (tertiary/aromatic N) is 1. The summed E-state index contributed by atoms with van der Waals surface area (Å²) >= 11 is 0. The van der Waals surface area contributed by atoms with Gasteiger partial charge in [0.25, 0.3) is 0 Å². The fourth-order valence-corrected chi connectivity index (χ4v) is 4.23. The predicted molar refractivity (Wildman–Crippen MR) is 110 cm³/mol. The van der Waals surface area contributed by atoms with Gasteiger partial charge in [0.05, 0.1) is 6.54 Å². The van der Waals surface area contributed by atoms with Gasteiger partial charge in [0, 0.05) is 12.0 Å². The van der Waals surface area contributed by atoms with Crippen molar-refractivity contribution in [3.63, 3.8) is 0 Å². The average molecular weight is 426 g/mol. The summed E-state index contributed by atoms with van der Waals surface area (Å²) in [5.74, 6) is 0. The molecule has 156 valence electrons. The Kier molecular flexibility index (Phi) is 11.1. The molecule has 1 aromatic carbocycles. The molecule has 0 aromatic heterocycles. The Bertz CT molecular complexity index is 701. The van der Waals surface area contributed by atoms with Crippen LogP contribution in [0.5, 0.6) is 0 Å². The second kappa shape index (κ2) is 12.0. The Hall–Kier alpha value is -0.0300. The molecule has 1 heterocycles. The van der Waals surface area contributed by atoms with Crippen molar-refractivity contribution < 1.29 is 26.9 Å².